The van der Waals surface area contributed by atoms with Crippen LogP contribution in [0, 0.1) is 11.7 Å². The van der Waals surface area contributed by atoms with Crippen molar-refractivity contribution in [2.45, 2.75) is 37.8 Å². The summed E-state index contributed by atoms with van der Waals surface area (Å²) < 4.78 is 19.8. The van der Waals surface area contributed by atoms with Crippen LogP contribution in [0.2, 0.25) is 0 Å². The molecule has 4 rings (SSSR count). The number of rotatable bonds is 7. The molecule has 2 atom stereocenters. The third kappa shape index (κ3) is 3.80. The molecule has 26 heavy (non-hydrogen) atoms. The van der Waals surface area contributed by atoms with Crippen LogP contribution in [-0.2, 0) is 9.53 Å². The maximum atomic E-state index is 13.5. The molecule has 3 nitrogen and oxygen atoms in total. The minimum absolute atomic E-state index is 0.168. The Bertz CT molecular complexity index is 742. The van der Waals surface area contributed by atoms with Gasteiger partial charge in [-0.3, -0.25) is 4.79 Å². The van der Waals surface area contributed by atoms with E-state index in [0.717, 1.165) is 24.1 Å². The van der Waals surface area contributed by atoms with Crippen LogP contribution in [0.1, 0.15) is 49.0 Å². The van der Waals surface area contributed by atoms with Crippen LogP contribution < -0.4 is 0 Å². The molecule has 136 valence electrons. The van der Waals surface area contributed by atoms with E-state index in [0.29, 0.717) is 18.9 Å². The van der Waals surface area contributed by atoms with E-state index in [9.17, 15) is 9.18 Å². The molecule has 0 spiro atoms. The number of likely N-dealkylation sites (tertiary alicyclic amines) is 1. The van der Waals surface area contributed by atoms with E-state index in [1.54, 1.807) is 12.1 Å². The molecule has 0 aromatic heterocycles. The van der Waals surface area contributed by atoms with Gasteiger partial charge >= 0.3 is 0 Å². The molecule has 2 fully saturated rings. The predicted molar refractivity (Wildman–Crippen MR) is 97.9 cm³/mol. The van der Waals surface area contributed by atoms with Gasteiger partial charge in [-0.25, -0.2) is 4.39 Å². The number of halogens is 1. The molecule has 1 aliphatic heterocycles. The van der Waals surface area contributed by atoms with Crippen LogP contribution >= 0.6 is 0 Å². The maximum Gasteiger partial charge on any atom is 0.223 e. The second-order valence-corrected chi connectivity index (χ2v) is 7.30. The van der Waals surface area contributed by atoms with Gasteiger partial charge in [0.05, 0.1) is 12.6 Å². The number of carbonyl (C=O) groups is 1. The maximum absolute atomic E-state index is 13.5. The van der Waals surface area contributed by atoms with Crippen LogP contribution in [0.4, 0.5) is 4.39 Å². The normalized spacial score (nSPS) is 19.6. The fraction of sp³-hybridized carbons (Fsp3) is 0.409. The summed E-state index contributed by atoms with van der Waals surface area (Å²) in [5.74, 6) is 0.521. The van der Waals surface area contributed by atoms with Crippen molar-refractivity contribution in [1.29, 1.82) is 0 Å². The fourth-order valence-corrected chi connectivity index (χ4v) is 3.68. The van der Waals surface area contributed by atoms with Gasteiger partial charge in [-0.1, -0.05) is 42.5 Å². The molecule has 4 heteroatoms. The molecule has 1 heterocycles. The van der Waals surface area contributed by atoms with Gasteiger partial charge in [0.2, 0.25) is 5.91 Å². The van der Waals surface area contributed by atoms with Crippen molar-refractivity contribution in [1.82, 2.24) is 4.90 Å². The number of carbonyl (C=O) groups excluding carboxylic acids is 1. The highest BCUT2D eigenvalue weighted by molar-refractivity contribution is 5.78. The lowest BCUT2D eigenvalue weighted by molar-refractivity contribution is -0.133. The number of nitrogens with zero attached hydrogens (tertiary/aromatic N) is 1. The third-order valence-electron chi connectivity index (χ3n) is 5.28. The topological polar surface area (TPSA) is 29.5 Å². The minimum Gasteiger partial charge on any atom is -0.371 e. The average molecular weight is 353 g/mol. The van der Waals surface area contributed by atoms with Gasteiger partial charge in [0.1, 0.15) is 11.9 Å². The van der Waals surface area contributed by atoms with Crippen molar-refractivity contribution in [3.8, 4) is 0 Å². The molecule has 0 radical (unpaired) electrons. The number of amides is 1. The SMILES string of the molecule is O=C1CCCN1[C@@H](c1ccccc1)[C@H](OCC1CC1)c1ccc(F)cc1. The Morgan fingerprint density at radius 1 is 1.04 bits per heavy atom. The van der Waals surface area contributed by atoms with E-state index in [1.807, 2.05) is 35.2 Å². The van der Waals surface area contributed by atoms with Crippen molar-refractivity contribution >= 4 is 5.91 Å². The summed E-state index contributed by atoms with van der Waals surface area (Å²) in [5, 5.41) is 0. The van der Waals surface area contributed by atoms with Gasteiger partial charge in [-0.2, -0.15) is 0 Å². The van der Waals surface area contributed by atoms with E-state index < -0.39 is 0 Å². The molecule has 2 aliphatic rings. The molecule has 0 N–H and O–H groups in total. The number of hydrogen-bond acceptors (Lipinski definition) is 2. The molecular weight excluding hydrogens is 329 g/mol. The zero-order chi connectivity index (χ0) is 17.9. The average Bonchev–Trinajstić information content (AvgIpc) is 3.41. The zero-order valence-electron chi connectivity index (χ0n) is 14.8. The molecule has 0 bridgehead atoms. The number of hydrogen-bond donors (Lipinski definition) is 0. The molecule has 1 saturated carbocycles. The van der Waals surface area contributed by atoms with Crippen molar-refractivity contribution in [2.24, 2.45) is 5.92 Å². The van der Waals surface area contributed by atoms with Crippen molar-refractivity contribution in [3.63, 3.8) is 0 Å². The zero-order valence-corrected chi connectivity index (χ0v) is 14.8. The Labute approximate surface area is 153 Å². The summed E-state index contributed by atoms with van der Waals surface area (Å²) >= 11 is 0. The summed E-state index contributed by atoms with van der Waals surface area (Å²) in [5.41, 5.74) is 1.98. The molecule has 2 aromatic rings. The summed E-state index contributed by atoms with van der Waals surface area (Å²) in [7, 11) is 0. The first-order chi connectivity index (χ1) is 12.7. The van der Waals surface area contributed by atoms with Crippen LogP contribution in [0.25, 0.3) is 0 Å². The molecule has 1 amide bonds. The number of benzene rings is 2. The largest absolute Gasteiger partial charge is 0.371 e. The Hall–Kier alpha value is -2.20. The van der Waals surface area contributed by atoms with Gasteiger partial charge in [-0.15, -0.1) is 0 Å². The molecule has 0 unspecified atom stereocenters. The monoisotopic (exact) mass is 353 g/mol. The first-order valence-corrected chi connectivity index (χ1v) is 9.44. The van der Waals surface area contributed by atoms with Gasteiger partial charge < -0.3 is 9.64 Å². The van der Waals surface area contributed by atoms with Gasteiger partial charge in [0.15, 0.2) is 0 Å². The standard InChI is InChI=1S/C22H24FNO2/c23-19-12-10-18(11-13-19)22(26-15-16-8-9-16)21(17-5-2-1-3-6-17)24-14-4-7-20(24)25/h1-3,5-6,10-13,16,21-22H,4,7-9,14-15H2/t21-,22+/m0/s1. The highest BCUT2D eigenvalue weighted by atomic mass is 19.1. The predicted octanol–water partition coefficient (Wildman–Crippen LogP) is 4.66. The van der Waals surface area contributed by atoms with E-state index in [2.05, 4.69) is 0 Å². The lowest BCUT2D eigenvalue weighted by Gasteiger charge is -2.35. The van der Waals surface area contributed by atoms with Crippen molar-refractivity contribution < 1.29 is 13.9 Å². The Balaban J connectivity index is 1.71. The smallest absolute Gasteiger partial charge is 0.223 e. The summed E-state index contributed by atoms with van der Waals surface area (Å²) in [6.07, 6.45) is 3.58. The first kappa shape index (κ1) is 17.2. The summed E-state index contributed by atoms with van der Waals surface area (Å²) in [6.45, 7) is 1.43. The lowest BCUT2D eigenvalue weighted by Crippen LogP contribution is -2.35. The Morgan fingerprint density at radius 2 is 1.77 bits per heavy atom. The third-order valence-corrected chi connectivity index (χ3v) is 5.28. The molecule has 1 saturated heterocycles. The second-order valence-electron chi connectivity index (χ2n) is 7.30. The number of ether oxygens (including phenoxy) is 1. The molecular formula is C22H24FNO2. The lowest BCUT2D eigenvalue weighted by atomic mass is 9.94. The fourth-order valence-electron chi connectivity index (χ4n) is 3.68. The van der Waals surface area contributed by atoms with Crippen LogP contribution in [0.5, 0.6) is 0 Å². The minimum atomic E-state index is -0.291. The van der Waals surface area contributed by atoms with E-state index in [4.69, 9.17) is 4.74 Å². The Morgan fingerprint density at radius 3 is 2.38 bits per heavy atom. The summed E-state index contributed by atoms with van der Waals surface area (Å²) in [6, 6.07) is 16.4. The second kappa shape index (κ2) is 7.58. The first-order valence-electron chi connectivity index (χ1n) is 9.44. The van der Waals surface area contributed by atoms with Gasteiger partial charge in [0, 0.05) is 13.0 Å². The molecule has 1 aliphatic carbocycles. The van der Waals surface area contributed by atoms with Gasteiger partial charge in [0.25, 0.3) is 0 Å². The quantitative estimate of drug-likeness (QED) is 0.725. The highest BCUT2D eigenvalue weighted by Gasteiger charge is 2.37. The van der Waals surface area contributed by atoms with Crippen LogP contribution in [-0.4, -0.2) is 24.0 Å². The van der Waals surface area contributed by atoms with Crippen LogP contribution in [0.3, 0.4) is 0 Å². The van der Waals surface area contributed by atoms with Crippen molar-refractivity contribution in [3.05, 3.63) is 71.5 Å². The van der Waals surface area contributed by atoms with Crippen LogP contribution in [0.15, 0.2) is 54.6 Å². The Kier molecular flexibility index (Phi) is 5.02. The van der Waals surface area contributed by atoms with E-state index in [1.165, 1.54) is 25.0 Å². The van der Waals surface area contributed by atoms with Crippen molar-refractivity contribution in [2.75, 3.05) is 13.2 Å². The van der Waals surface area contributed by atoms with E-state index >= 15 is 0 Å². The highest BCUT2D eigenvalue weighted by Crippen LogP contribution is 2.41. The van der Waals surface area contributed by atoms with E-state index in [-0.39, 0.29) is 23.9 Å². The summed E-state index contributed by atoms with van der Waals surface area (Å²) in [4.78, 5) is 14.5. The molecule has 2 aromatic carbocycles. The van der Waals surface area contributed by atoms with Gasteiger partial charge in [-0.05, 0) is 48.4 Å².